The second kappa shape index (κ2) is 14.1. The number of rotatable bonds is 10. The molecule has 0 radical (unpaired) electrons. The zero-order chi connectivity index (χ0) is 36.0. The van der Waals surface area contributed by atoms with Crippen molar-refractivity contribution >= 4 is 54.2 Å². The van der Waals surface area contributed by atoms with Gasteiger partial charge in [0, 0.05) is 73.7 Å². The second-order valence-corrected chi connectivity index (χ2v) is 16.4. The third kappa shape index (κ3) is 7.74. The Balaban J connectivity index is 1.10. The molecule has 2 fully saturated rings. The van der Waals surface area contributed by atoms with Crippen LogP contribution in [-0.4, -0.2) is 106 Å². The van der Waals surface area contributed by atoms with E-state index in [9.17, 15) is 31.6 Å². The van der Waals surface area contributed by atoms with Crippen LogP contribution in [0.4, 0.5) is 19.0 Å². The molecule has 12 nitrogen and oxygen atoms in total. The Morgan fingerprint density at radius 2 is 1.90 bits per heavy atom. The number of thiophene rings is 1. The normalized spacial score (nSPS) is 19.6. The number of nitrogens with zero attached hydrogens (tertiary/aromatic N) is 7. The number of alkyl halides is 3. The molecule has 1 aromatic carbocycles. The zero-order valence-electron chi connectivity index (χ0n) is 28.1. The van der Waals surface area contributed by atoms with E-state index in [0.717, 1.165) is 76.4 Å². The molecule has 5 heterocycles. The van der Waals surface area contributed by atoms with Gasteiger partial charge in [0.2, 0.25) is 15.9 Å². The number of hydrogen-bond acceptors (Lipinski definition) is 10. The molecule has 2 aliphatic heterocycles. The number of nitriles is 1. The molecule has 50 heavy (non-hydrogen) atoms. The number of piperazine rings is 1. The van der Waals surface area contributed by atoms with Crippen LogP contribution in [0.5, 0.6) is 0 Å². The molecule has 17 heteroatoms. The Labute approximate surface area is 292 Å². The van der Waals surface area contributed by atoms with Gasteiger partial charge in [-0.2, -0.15) is 22.7 Å². The third-order valence-corrected chi connectivity index (χ3v) is 12.2. The average molecular weight is 732 g/mol. The number of anilines is 1. The number of benzene rings is 1. The van der Waals surface area contributed by atoms with Crippen LogP contribution in [0, 0.1) is 18.3 Å². The van der Waals surface area contributed by atoms with E-state index < -0.39 is 34.6 Å². The van der Waals surface area contributed by atoms with Gasteiger partial charge in [0.05, 0.1) is 18.1 Å². The fourth-order valence-corrected chi connectivity index (χ4v) is 9.23. The van der Waals surface area contributed by atoms with Crippen molar-refractivity contribution in [2.24, 2.45) is 5.73 Å². The number of nitrogens with two attached hydrogens (primary N) is 1. The van der Waals surface area contributed by atoms with Crippen molar-refractivity contribution in [1.82, 2.24) is 28.6 Å². The molecule has 1 amide bonds. The van der Waals surface area contributed by atoms with Crippen LogP contribution in [-0.2, 0) is 34.3 Å². The number of halogens is 3. The number of carbonyl (C=O) groups is 1. The van der Waals surface area contributed by atoms with Crippen molar-refractivity contribution in [2.45, 2.75) is 70.5 Å². The molecular weight excluding hydrogens is 692 g/mol. The van der Waals surface area contributed by atoms with Gasteiger partial charge in [0.1, 0.15) is 34.8 Å². The molecule has 6 rings (SSSR count). The molecule has 268 valence electrons. The standard InChI is InChI=1S/C33H40F3N9O3S2/c1-20(43-10-11-45(50(3,47)48)29(18-43)30(38)46)16-44-24(15-37)12-26-21(2)22(4-5-28(26)44)17-42-8-6-23(7-9-42)41-31-27-13-25(14-33(34,35)36)49-32(27)40-19-39-31/h4-5,12-13,19-20,23,29H,6-11,14,16-18H2,1-3H3,(H2,38,46)(H,39,40,41). The highest BCUT2D eigenvalue weighted by Crippen LogP contribution is 2.34. The topological polar surface area (TPSA) is 153 Å². The van der Waals surface area contributed by atoms with Crippen LogP contribution in [0.2, 0.25) is 0 Å². The van der Waals surface area contributed by atoms with Gasteiger partial charge in [-0.05, 0) is 56.0 Å². The summed E-state index contributed by atoms with van der Waals surface area (Å²) in [5.41, 5.74) is 9.29. The van der Waals surface area contributed by atoms with E-state index in [1.54, 1.807) is 0 Å². The van der Waals surface area contributed by atoms with Gasteiger partial charge in [-0.15, -0.1) is 11.3 Å². The van der Waals surface area contributed by atoms with Crippen LogP contribution in [0.1, 0.15) is 41.5 Å². The lowest BCUT2D eigenvalue weighted by Crippen LogP contribution is -2.61. The lowest BCUT2D eigenvalue weighted by molar-refractivity contribution is -0.126. The van der Waals surface area contributed by atoms with Gasteiger partial charge < -0.3 is 15.6 Å². The lowest BCUT2D eigenvalue weighted by Gasteiger charge is -2.41. The maximum absolute atomic E-state index is 13.0. The van der Waals surface area contributed by atoms with E-state index in [1.165, 1.54) is 12.4 Å². The minimum atomic E-state index is -4.28. The van der Waals surface area contributed by atoms with Gasteiger partial charge in [-0.25, -0.2) is 18.4 Å². The van der Waals surface area contributed by atoms with E-state index in [0.29, 0.717) is 34.8 Å². The van der Waals surface area contributed by atoms with E-state index in [4.69, 9.17) is 5.73 Å². The van der Waals surface area contributed by atoms with Crippen LogP contribution in [0.15, 0.2) is 30.6 Å². The molecule has 4 aromatic rings. The molecule has 0 aliphatic carbocycles. The van der Waals surface area contributed by atoms with Crippen molar-refractivity contribution < 1.29 is 26.4 Å². The predicted molar refractivity (Wildman–Crippen MR) is 186 cm³/mol. The Hall–Kier alpha value is -3.82. The Morgan fingerprint density at radius 1 is 1.16 bits per heavy atom. The number of fused-ring (bicyclic) bond motifs is 2. The average Bonchev–Trinajstić information content (AvgIpc) is 3.63. The molecule has 0 bridgehead atoms. The number of piperidine rings is 1. The summed E-state index contributed by atoms with van der Waals surface area (Å²) in [4.78, 5) is 25.8. The number of primary amides is 1. The third-order valence-electron chi connectivity index (χ3n) is 9.85. The van der Waals surface area contributed by atoms with E-state index in [-0.39, 0.29) is 30.1 Å². The summed E-state index contributed by atoms with van der Waals surface area (Å²) in [6, 6.07) is 9.00. The maximum Gasteiger partial charge on any atom is 0.393 e. The first-order chi connectivity index (χ1) is 23.6. The van der Waals surface area contributed by atoms with Crippen LogP contribution >= 0.6 is 11.3 Å². The van der Waals surface area contributed by atoms with Gasteiger partial charge in [-0.3, -0.25) is 14.6 Å². The van der Waals surface area contributed by atoms with Crippen LogP contribution in [0.3, 0.4) is 0 Å². The van der Waals surface area contributed by atoms with E-state index >= 15 is 0 Å². The molecular formula is C33H40F3N9O3S2. The fraction of sp³-hybridized carbons (Fsp3) is 0.515. The van der Waals surface area contributed by atoms with Crippen molar-refractivity contribution in [3.63, 3.8) is 0 Å². The van der Waals surface area contributed by atoms with Crippen molar-refractivity contribution in [3.8, 4) is 6.07 Å². The molecule has 0 spiro atoms. The summed E-state index contributed by atoms with van der Waals surface area (Å²) in [6.07, 6.45) is -1.11. The molecule has 2 aliphatic rings. The highest BCUT2D eigenvalue weighted by Gasteiger charge is 2.38. The van der Waals surface area contributed by atoms with Crippen molar-refractivity contribution in [2.75, 3.05) is 44.3 Å². The first-order valence-corrected chi connectivity index (χ1v) is 19.1. The summed E-state index contributed by atoms with van der Waals surface area (Å²) in [5.74, 6) is -0.123. The number of carbonyl (C=O) groups excluding carboxylic acids is 1. The minimum absolute atomic E-state index is 0.101. The summed E-state index contributed by atoms with van der Waals surface area (Å²) >= 11 is 1.04. The van der Waals surface area contributed by atoms with Crippen molar-refractivity contribution in [1.29, 1.82) is 5.26 Å². The molecule has 2 unspecified atom stereocenters. The number of sulfonamides is 1. The Morgan fingerprint density at radius 3 is 2.56 bits per heavy atom. The Bertz CT molecular complexity index is 2050. The van der Waals surface area contributed by atoms with E-state index in [1.807, 2.05) is 28.5 Å². The number of likely N-dealkylation sites (tertiary alicyclic amines) is 1. The number of aryl methyl sites for hydroxylation is 1. The molecule has 3 aromatic heterocycles. The first kappa shape index (κ1) is 36.0. The molecule has 3 N–H and O–H groups in total. The summed E-state index contributed by atoms with van der Waals surface area (Å²) in [5, 5.41) is 15.1. The van der Waals surface area contributed by atoms with Gasteiger partial charge >= 0.3 is 6.18 Å². The SMILES string of the molecule is Cc1c(CN2CCC(Nc3ncnc4sc(CC(F)(F)F)cc34)CC2)ccc2c1cc(C#N)n2CC(C)N1CCN(S(C)(=O)=O)C(C(N)=O)C1. The number of hydrogen-bond donors (Lipinski definition) is 2. The highest BCUT2D eigenvalue weighted by molar-refractivity contribution is 7.88. The van der Waals surface area contributed by atoms with Gasteiger partial charge in [-0.1, -0.05) is 6.07 Å². The number of aromatic nitrogens is 3. The van der Waals surface area contributed by atoms with Gasteiger partial charge in [0.15, 0.2) is 0 Å². The summed E-state index contributed by atoms with van der Waals surface area (Å²) in [7, 11) is -3.59. The largest absolute Gasteiger partial charge is 0.393 e. The van der Waals surface area contributed by atoms with Crippen LogP contribution in [0.25, 0.3) is 21.1 Å². The first-order valence-electron chi connectivity index (χ1n) is 16.4. The number of amides is 1. The predicted octanol–water partition coefficient (Wildman–Crippen LogP) is 3.83. The zero-order valence-corrected chi connectivity index (χ0v) is 29.7. The molecule has 2 saturated heterocycles. The monoisotopic (exact) mass is 731 g/mol. The molecule has 2 atom stereocenters. The lowest BCUT2D eigenvalue weighted by atomic mass is 10.0. The number of nitrogens with one attached hydrogen (secondary N) is 1. The minimum Gasteiger partial charge on any atom is -0.368 e. The highest BCUT2D eigenvalue weighted by atomic mass is 32.2. The van der Waals surface area contributed by atoms with Gasteiger partial charge in [0.25, 0.3) is 0 Å². The maximum atomic E-state index is 13.0. The van der Waals surface area contributed by atoms with Crippen LogP contribution < -0.4 is 11.1 Å². The van der Waals surface area contributed by atoms with Crippen molar-refractivity contribution in [3.05, 3.63) is 52.3 Å². The summed E-state index contributed by atoms with van der Waals surface area (Å²) in [6.45, 7) is 7.71. The fourth-order valence-electron chi connectivity index (χ4n) is 7.15. The smallest absolute Gasteiger partial charge is 0.368 e. The Kier molecular flexibility index (Phi) is 10.1. The van der Waals surface area contributed by atoms with E-state index in [2.05, 4.69) is 39.2 Å². The second-order valence-electron chi connectivity index (χ2n) is 13.3. The quantitative estimate of drug-likeness (QED) is 0.248. The summed E-state index contributed by atoms with van der Waals surface area (Å²) < 4.78 is 66.5. The molecule has 0 saturated carbocycles.